The van der Waals surface area contributed by atoms with E-state index in [4.69, 9.17) is 10.5 Å². The highest BCUT2D eigenvalue weighted by molar-refractivity contribution is 8.93. The molecule has 0 unspecified atom stereocenters. The first kappa shape index (κ1) is 13.5. The lowest BCUT2D eigenvalue weighted by molar-refractivity contribution is 0.414. The second-order valence-electron chi connectivity index (χ2n) is 3.09. The summed E-state index contributed by atoms with van der Waals surface area (Å²) in [5.74, 6) is 0.919. The van der Waals surface area contributed by atoms with Gasteiger partial charge in [-0.05, 0) is 43.5 Å². The van der Waals surface area contributed by atoms with Gasteiger partial charge in [-0.15, -0.1) is 17.0 Å². The molecule has 0 heterocycles. The van der Waals surface area contributed by atoms with E-state index in [1.807, 2.05) is 12.1 Å². The van der Waals surface area contributed by atoms with Gasteiger partial charge in [0.2, 0.25) is 0 Å². The van der Waals surface area contributed by atoms with Gasteiger partial charge in [0.15, 0.2) is 0 Å². The third-order valence-electron chi connectivity index (χ3n) is 2.08. The zero-order chi connectivity index (χ0) is 9.52. The second kappa shape index (κ2) is 7.83. The van der Waals surface area contributed by atoms with Crippen LogP contribution in [0.5, 0.6) is 5.75 Å². The zero-order valence-corrected chi connectivity index (χ0v) is 10.2. The first-order valence-corrected chi connectivity index (χ1v) is 4.70. The molecule has 1 rings (SSSR count). The minimum absolute atomic E-state index is 0. The zero-order valence-electron chi connectivity index (χ0n) is 8.53. The Morgan fingerprint density at radius 1 is 1.14 bits per heavy atom. The van der Waals surface area contributed by atoms with Gasteiger partial charge in [-0.2, -0.15) is 0 Å². The molecular formula is C11H18BrNO. The predicted octanol–water partition coefficient (Wildman–Crippen LogP) is 2.55. The fraction of sp³-hybridized carbons (Fsp3) is 0.455. The van der Waals surface area contributed by atoms with E-state index < -0.39 is 0 Å². The molecular weight excluding hydrogens is 242 g/mol. The Morgan fingerprint density at radius 3 is 2.29 bits per heavy atom. The highest BCUT2D eigenvalue weighted by atomic mass is 79.9. The van der Waals surface area contributed by atoms with Gasteiger partial charge in [0, 0.05) is 0 Å². The number of aryl methyl sites for hydroxylation is 1. The summed E-state index contributed by atoms with van der Waals surface area (Å²) in [5.41, 5.74) is 6.77. The molecule has 3 heteroatoms. The number of rotatable bonds is 5. The molecule has 2 nitrogen and oxygen atoms in total. The van der Waals surface area contributed by atoms with Gasteiger partial charge in [-0.1, -0.05) is 12.1 Å². The van der Waals surface area contributed by atoms with Crippen LogP contribution in [0.1, 0.15) is 18.4 Å². The van der Waals surface area contributed by atoms with Crippen molar-refractivity contribution in [2.24, 2.45) is 5.73 Å². The third-order valence-corrected chi connectivity index (χ3v) is 2.08. The van der Waals surface area contributed by atoms with E-state index in [0.717, 1.165) is 25.1 Å². The number of benzene rings is 1. The molecule has 0 fully saturated rings. The topological polar surface area (TPSA) is 35.2 Å². The highest BCUT2D eigenvalue weighted by Crippen LogP contribution is 2.12. The van der Waals surface area contributed by atoms with Crippen molar-refractivity contribution in [2.45, 2.75) is 19.3 Å². The maximum absolute atomic E-state index is 5.42. The van der Waals surface area contributed by atoms with Crippen LogP contribution in [-0.2, 0) is 6.42 Å². The molecule has 14 heavy (non-hydrogen) atoms. The molecule has 0 atom stereocenters. The largest absolute Gasteiger partial charge is 0.497 e. The number of nitrogens with two attached hydrogens (primary N) is 1. The molecule has 1 aromatic carbocycles. The van der Waals surface area contributed by atoms with Crippen molar-refractivity contribution in [2.75, 3.05) is 13.7 Å². The van der Waals surface area contributed by atoms with Crippen LogP contribution in [0.4, 0.5) is 0 Å². The van der Waals surface area contributed by atoms with E-state index in [9.17, 15) is 0 Å². The van der Waals surface area contributed by atoms with Gasteiger partial charge in [0.1, 0.15) is 5.75 Å². The Labute approximate surface area is 96.2 Å². The molecule has 0 aliphatic carbocycles. The number of methoxy groups -OCH3 is 1. The second-order valence-corrected chi connectivity index (χ2v) is 3.09. The van der Waals surface area contributed by atoms with Crippen LogP contribution in [0.3, 0.4) is 0 Å². The molecule has 0 radical (unpaired) electrons. The molecule has 0 spiro atoms. The Morgan fingerprint density at radius 2 is 1.79 bits per heavy atom. The number of hydrogen-bond donors (Lipinski definition) is 1. The van der Waals surface area contributed by atoms with Gasteiger partial charge < -0.3 is 10.5 Å². The van der Waals surface area contributed by atoms with Crippen molar-refractivity contribution < 1.29 is 4.74 Å². The summed E-state index contributed by atoms with van der Waals surface area (Å²) < 4.78 is 5.07. The smallest absolute Gasteiger partial charge is 0.118 e. The van der Waals surface area contributed by atoms with E-state index in [0.29, 0.717) is 0 Å². The van der Waals surface area contributed by atoms with E-state index in [1.54, 1.807) is 7.11 Å². The van der Waals surface area contributed by atoms with E-state index in [2.05, 4.69) is 12.1 Å². The summed E-state index contributed by atoms with van der Waals surface area (Å²) in [7, 11) is 1.68. The van der Waals surface area contributed by atoms with Crippen LogP contribution in [0.25, 0.3) is 0 Å². The molecule has 0 aromatic heterocycles. The Hall–Kier alpha value is -0.540. The summed E-state index contributed by atoms with van der Waals surface area (Å²) in [5, 5.41) is 0. The van der Waals surface area contributed by atoms with Gasteiger partial charge in [0.05, 0.1) is 7.11 Å². The van der Waals surface area contributed by atoms with Crippen molar-refractivity contribution >= 4 is 17.0 Å². The normalized spacial score (nSPS) is 9.29. The quantitative estimate of drug-likeness (QED) is 0.826. The van der Waals surface area contributed by atoms with Crippen LogP contribution in [0.2, 0.25) is 0 Å². The number of hydrogen-bond acceptors (Lipinski definition) is 2. The molecule has 0 aliphatic rings. The van der Waals surface area contributed by atoms with Crippen LogP contribution in [0, 0.1) is 0 Å². The van der Waals surface area contributed by atoms with Crippen LogP contribution in [0.15, 0.2) is 24.3 Å². The Kier molecular flexibility index (Phi) is 7.52. The highest BCUT2D eigenvalue weighted by Gasteiger charge is 1.93. The first-order chi connectivity index (χ1) is 6.36. The molecule has 80 valence electrons. The molecule has 0 saturated heterocycles. The van der Waals surface area contributed by atoms with Crippen LogP contribution >= 0.6 is 17.0 Å². The SMILES string of the molecule is Br.COc1ccc(CCCCN)cc1. The van der Waals surface area contributed by atoms with Crippen LogP contribution in [-0.4, -0.2) is 13.7 Å². The molecule has 0 aliphatic heterocycles. The summed E-state index contributed by atoms with van der Waals surface area (Å²) in [6.45, 7) is 0.788. The number of halogens is 1. The maximum atomic E-state index is 5.42. The lowest BCUT2D eigenvalue weighted by atomic mass is 10.1. The fourth-order valence-electron chi connectivity index (χ4n) is 1.27. The van der Waals surface area contributed by atoms with E-state index >= 15 is 0 Å². The maximum Gasteiger partial charge on any atom is 0.118 e. The van der Waals surface area contributed by atoms with Crippen molar-refractivity contribution in [1.29, 1.82) is 0 Å². The van der Waals surface area contributed by atoms with Gasteiger partial charge in [0.25, 0.3) is 0 Å². The molecule has 2 N–H and O–H groups in total. The van der Waals surface area contributed by atoms with Gasteiger partial charge >= 0.3 is 0 Å². The van der Waals surface area contributed by atoms with E-state index in [1.165, 1.54) is 12.0 Å². The third kappa shape index (κ3) is 4.63. The van der Waals surface area contributed by atoms with Crippen LogP contribution < -0.4 is 10.5 Å². The lowest BCUT2D eigenvalue weighted by Gasteiger charge is -2.02. The molecule has 0 saturated carbocycles. The minimum Gasteiger partial charge on any atom is -0.497 e. The summed E-state index contributed by atoms with van der Waals surface area (Å²) >= 11 is 0. The standard InChI is InChI=1S/C11H17NO.BrH/c1-13-11-7-5-10(6-8-11)4-2-3-9-12;/h5-8H,2-4,9,12H2,1H3;1H. The summed E-state index contributed by atoms with van der Waals surface area (Å²) in [6, 6.07) is 8.21. The Balaban J connectivity index is 0.00000169. The minimum atomic E-state index is 0. The van der Waals surface area contributed by atoms with Gasteiger partial charge in [-0.3, -0.25) is 0 Å². The average molecular weight is 260 g/mol. The monoisotopic (exact) mass is 259 g/mol. The van der Waals surface area contributed by atoms with Crippen molar-refractivity contribution in [1.82, 2.24) is 0 Å². The van der Waals surface area contributed by atoms with Crippen molar-refractivity contribution in [3.63, 3.8) is 0 Å². The number of ether oxygens (including phenoxy) is 1. The summed E-state index contributed by atoms with van der Waals surface area (Å²) in [6.07, 6.45) is 3.38. The van der Waals surface area contributed by atoms with Gasteiger partial charge in [-0.25, -0.2) is 0 Å². The first-order valence-electron chi connectivity index (χ1n) is 4.70. The van der Waals surface area contributed by atoms with Crippen molar-refractivity contribution in [3.05, 3.63) is 29.8 Å². The molecule has 1 aromatic rings. The lowest BCUT2D eigenvalue weighted by Crippen LogP contribution is -1.98. The Bertz CT molecular complexity index is 236. The predicted molar refractivity (Wildman–Crippen MR) is 65.3 cm³/mol. The average Bonchev–Trinajstić information content (AvgIpc) is 2.19. The molecule has 0 bridgehead atoms. The summed E-state index contributed by atoms with van der Waals surface area (Å²) in [4.78, 5) is 0. The fourth-order valence-corrected chi connectivity index (χ4v) is 1.27. The van der Waals surface area contributed by atoms with Crippen molar-refractivity contribution in [3.8, 4) is 5.75 Å². The molecule has 0 amide bonds. The number of unbranched alkanes of at least 4 members (excludes halogenated alkanes) is 1. The van der Waals surface area contributed by atoms with E-state index in [-0.39, 0.29) is 17.0 Å².